The van der Waals surface area contributed by atoms with Gasteiger partial charge in [-0.2, -0.15) is 0 Å². The van der Waals surface area contributed by atoms with Gasteiger partial charge in [0.2, 0.25) is 0 Å². The van der Waals surface area contributed by atoms with Gasteiger partial charge in [-0.1, -0.05) is 0 Å². The van der Waals surface area contributed by atoms with E-state index >= 15 is 4.39 Å². The van der Waals surface area contributed by atoms with Crippen LogP contribution in [0.25, 0.3) is 0 Å². The lowest BCUT2D eigenvalue weighted by Crippen LogP contribution is -2.51. The van der Waals surface area contributed by atoms with Crippen molar-refractivity contribution in [3.63, 3.8) is 0 Å². The third-order valence-electron chi connectivity index (χ3n) is 5.45. The van der Waals surface area contributed by atoms with Gasteiger partial charge < -0.3 is 14.8 Å². The van der Waals surface area contributed by atoms with Crippen LogP contribution < -0.4 is 5.32 Å². The number of hydrogen-bond acceptors (Lipinski definition) is 3. The van der Waals surface area contributed by atoms with Gasteiger partial charge in [0.05, 0.1) is 12.2 Å². The molecule has 0 saturated carbocycles. The van der Waals surface area contributed by atoms with Crippen molar-refractivity contribution in [2.45, 2.75) is 50.3 Å². The quantitative estimate of drug-likeness (QED) is 0.836. The van der Waals surface area contributed by atoms with Crippen LogP contribution in [0.2, 0.25) is 0 Å². The first-order valence-corrected chi connectivity index (χ1v) is 7.74. The van der Waals surface area contributed by atoms with E-state index in [1.54, 1.807) is 0 Å². The molecule has 1 N–H and O–H groups in total. The fraction of sp³-hybridized carbons (Fsp3) is 1.00. The molecular formula is C15H26FNO2. The number of piperidine rings is 1. The summed E-state index contributed by atoms with van der Waals surface area (Å²) in [6.07, 6.45) is 4.73. The lowest BCUT2D eigenvalue weighted by Gasteiger charge is -2.45. The van der Waals surface area contributed by atoms with Crippen molar-refractivity contribution < 1.29 is 13.9 Å². The van der Waals surface area contributed by atoms with E-state index in [1.807, 2.05) is 6.92 Å². The van der Waals surface area contributed by atoms with Crippen LogP contribution in [0.4, 0.5) is 4.39 Å². The Hall–Kier alpha value is -0.190. The van der Waals surface area contributed by atoms with Gasteiger partial charge in [-0.3, -0.25) is 0 Å². The Bertz CT molecular complexity index is 309. The third-order valence-corrected chi connectivity index (χ3v) is 5.45. The normalized spacial score (nSPS) is 43.3. The fourth-order valence-electron chi connectivity index (χ4n) is 4.04. The van der Waals surface area contributed by atoms with Crippen molar-refractivity contribution in [3.05, 3.63) is 0 Å². The summed E-state index contributed by atoms with van der Waals surface area (Å²) in [6.45, 7) is 5.80. The molecule has 0 aromatic heterocycles. The second-order valence-corrected chi connectivity index (χ2v) is 6.72. The van der Waals surface area contributed by atoms with Crippen molar-refractivity contribution in [1.82, 2.24) is 5.32 Å². The Morgan fingerprint density at radius 3 is 2.84 bits per heavy atom. The second-order valence-electron chi connectivity index (χ2n) is 6.72. The average molecular weight is 271 g/mol. The highest BCUT2D eigenvalue weighted by molar-refractivity contribution is 4.99. The van der Waals surface area contributed by atoms with Crippen molar-refractivity contribution in [2.75, 3.05) is 32.9 Å². The number of hydrogen-bond donors (Lipinski definition) is 1. The van der Waals surface area contributed by atoms with Gasteiger partial charge in [0, 0.05) is 32.1 Å². The van der Waals surface area contributed by atoms with E-state index in [0.717, 1.165) is 51.8 Å². The molecule has 0 aromatic carbocycles. The standard InChI is InChI=1S/C15H26FNO2/c1-14(16,13-3-2-6-17-10-13)12-4-7-19-15(9-12)5-8-18-11-15/h12-13,17H,2-11H2,1H3. The van der Waals surface area contributed by atoms with Crippen molar-refractivity contribution in [3.8, 4) is 0 Å². The molecule has 3 heterocycles. The first kappa shape index (κ1) is 13.8. The smallest absolute Gasteiger partial charge is 0.115 e. The van der Waals surface area contributed by atoms with E-state index < -0.39 is 5.67 Å². The maximum atomic E-state index is 15.4. The van der Waals surface area contributed by atoms with Gasteiger partial charge in [0.15, 0.2) is 0 Å². The second kappa shape index (κ2) is 5.30. The zero-order chi connectivity index (χ0) is 13.3. The van der Waals surface area contributed by atoms with Crippen LogP contribution in [-0.2, 0) is 9.47 Å². The summed E-state index contributed by atoms with van der Waals surface area (Å²) in [5.74, 6) is 0.275. The van der Waals surface area contributed by atoms with E-state index in [9.17, 15) is 0 Å². The summed E-state index contributed by atoms with van der Waals surface area (Å²) in [6, 6.07) is 0. The number of alkyl halides is 1. The van der Waals surface area contributed by atoms with Gasteiger partial charge in [0.25, 0.3) is 0 Å². The van der Waals surface area contributed by atoms with E-state index in [0.29, 0.717) is 13.2 Å². The molecule has 0 aliphatic carbocycles. The van der Waals surface area contributed by atoms with Crippen molar-refractivity contribution in [2.24, 2.45) is 11.8 Å². The molecule has 3 aliphatic rings. The van der Waals surface area contributed by atoms with Crippen LogP contribution in [0, 0.1) is 11.8 Å². The highest BCUT2D eigenvalue weighted by atomic mass is 19.1. The minimum absolute atomic E-state index is 0.118. The molecule has 4 heteroatoms. The Morgan fingerprint density at radius 2 is 2.16 bits per heavy atom. The Morgan fingerprint density at radius 1 is 1.26 bits per heavy atom. The number of nitrogens with one attached hydrogen (secondary N) is 1. The molecule has 3 fully saturated rings. The Kier molecular flexibility index (Phi) is 3.84. The lowest BCUT2D eigenvalue weighted by atomic mass is 9.70. The monoisotopic (exact) mass is 271 g/mol. The fourth-order valence-corrected chi connectivity index (χ4v) is 4.04. The van der Waals surface area contributed by atoms with Crippen LogP contribution in [0.15, 0.2) is 0 Å². The van der Waals surface area contributed by atoms with Gasteiger partial charge in [-0.05, 0) is 45.1 Å². The van der Waals surface area contributed by atoms with Crippen molar-refractivity contribution >= 4 is 0 Å². The molecule has 3 aliphatic heterocycles. The van der Waals surface area contributed by atoms with Crippen LogP contribution in [0.5, 0.6) is 0 Å². The van der Waals surface area contributed by atoms with Crippen LogP contribution >= 0.6 is 0 Å². The lowest BCUT2D eigenvalue weighted by molar-refractivity contribution is -0.132. The summed E-state index contributed by atoms with van der Waals surface area (Å²) >= 11 is 0. The molecule has 3 rings (SSSR count). The zero-order valence-corrected chi connectivity index (χ0v) is 11.9. The molecule has 3 saturated heterocycles. The molecule has 110 valence electrons. The summed E-state index contributed by atoms with van der Waals surface area (Å²) in [5, 5.41) is 3.35. The number of halogens is 1. The van der Waals surface area contributed by atoms with E-state index in [4.69, 9.17) is 9.47 Å². The molecule has 19 heavy (non-hydrogen) atoms. The minimum atomic E-state index is -1.08. The first-order valence-electron chi connectivity index (χ1n) is 7.74. The van der Waals surface area contributed by atoms with E-state index in [-0.39, 0.29) is 17.4 Å². The molecule has 0 aromatic rings. The van der Waals surface area contributed by atoms with Gasteiger partial charge in [0.1, 0.15) is 5.67 Å². The summed E-state index contributed by atoms with van der Waals surface area (Å²) in [7, 11) is 0. The Labute approximate surface area is 115 Å². The van der Waals surface area contributed by atoms with Crippen LogP contribution in [0.3, 0.4) is 0 Å². The Balaban J connectivity index is 1.69. The average Bonchev–Trinajstić information content (AvgIpc) is 2.88. The maximum Gasteiger partial charge on any atom is 0.115 e. The van der Waals surface area contributed by atoms with E-state index in [1.165, 1.54) is 0 Å². The third kappa shape index (κ3) is 2.67. The molecule has 4 atom stereocenters. The molecule has 1 spiro atoms. The number of ether oxygens (including phenoxy) is 2. The van der Waals surface area contributed by atoms with Crippen LogP contribution in [-0.4, -0.2) is 44.2 Å². The zero-order valence-electron chi connectivity index (χ0n) is 11.9. The van der Waals surface area contributed by atoms with Gasteiger partial charge in [-0.15, -0.1) is 0 Å². The number of rotatable bonds is 2. The molecule has 0 bridgehead atoms. The minimum Gasteiger partial charge on any atom is -0.378 e. The SMILES string of the molecule is CC(F)(C1CCCNC1)C1CCOC2(CCOC2)C1. The summed E-state index contributed by atoms with van der Waals surface area (Å²) < 4.78 is 26.8. The maximum absolute atomic E-state index is 15.4. The molecule has 3 nitrogen and oxygen atoms in total. The summed E-state index contributed by atoms with van der Waals surface area (Å²) in [5.41, 5.74) is -1.26. The molecule has 0 amide bonds. The predicted octanol–water partition coefficient (Wildman–Crippen LogP) is 2.30. The van der Waals surface area contributed by atoms with Gasteiger partial charge in [-0.25, -0.2) is 4.39 Å². The molecule has 4 unspecified atom stereocenters. The van der Waals surface area contributed by atoms with Crippen molar-refractivity contribution in [1.29, 1.82) is 0 Å². The first-order chi connectivity index (χ1) is 9.12. The molecular weight excluding hydrogens is 245 g/mol. The van der Waals surface area contributed by atoms with E-state index in [2.05, 4.69) is 5.32 Å². The highest BCUT2D eigenvalue weighted by Gasteiger charge is 2.49. The van der Waals surface area contributed by atoms with Gasteiger partial charge >= 0.3 is 0 Å². The topological polar surface area (TPSA) is 30.5 Å². The summed E-state index contributed by atoms with van der Waals surface area (Å²) in [4.78, 5) is 0. The molecule has 0 radical (unpaired) electrons. The largest absolute Gasteiger partial charge is 0.378 e. The van der Waals surface area contributed by atoms with Crippen LogP contribution in [0.1, 0.15) is 39.0 Å². The predicted molar refractivity (Wildman–Crippen MR) is 71.9 cm³/mol. The highest BCUT2D eigenvalue weighted by Crippen LogP contribution is 2.45.